The first kappa shape index (κ1) is 12.6. The average molecular weight is 290 g/mol. The number of para-hydroxylation sites is 1. The Morgan fingerprint density at radius 2 is 2.20 bits per heavy atom. The Hall–Kier alpha value is -2.41. The second kappa shape index (κ2) is 4.61. The normalized spacial score (nSPS) is 11.1. The van der Waals surface area contributed by atoms with E-state index in [0.717, 1.165) is 4.70 Å². The van der Waals surface area contributed by atoms with Crippen molar-refractivity contribution < 1.29 is 14.6 Å². The maximum absolute atomic E-state index is 12.4. The highest BCUT2D eigenvalue weighted by Gasteiger charge is 2.22. The van der Waals surface area contributed by atoms with Crippen LogP contribution in [-0.2, 0) is 4.74 Å². The molecule has 20 heavy (non-hydrogen) atoms. The van der Waals surface area contributed by atoms with Gasteiger partial charge in [0.1, 0.15) is 0 Å². The summed E-state index contributed by atoms with van der Waals surface area (Å²) in [7, 11) is 0. The van der Waals surface area contributed by atoms with Gasteiger partial charge in [-0.3, -0.25) is 4.79 Å². The van der Waals surface area contributed by atoms with Gasteiger partial charge in [0.15, 0.2) is 5.56 Å². The third-order valence-electron chi connectivity index (χ3n) is 2.82. The number of benzene rings is 1. The molecule has 6 nitrogen and oxygen atoms in total. The number of hydrogen-bond donors (Lipinski definition) is 1. The van der Waals surface area contributed by atoms with Crippen molar-refractivity contribution >= 4 is 32.5 Å². The molecular weight excluding hydrogens is 280 g/mol. The summed E-state index contributed by atoms with van der Waals surface area (Å²) < 4.78 is 6.93. The zero-order chi connectivity index (χ0) is 14.3. The van der Waals surface area contributed by atoms with E-state index < -0.39 is 23.0 Å². The number of carbonyl (C=O) groups is 1. The zero-order valence-corrected chi connectivity index (χ0v) is 11.3. The van der Waals surface area contributed by atoms with Crippen molar-refractivity contribution in [3.8, 4) is 5.88 Å². The minimum Gasteiger partial charge on any atom is -0.492 e. The third-order valence-corrected chi connectivity index (χ3v) is 3.84. The molecule has 0 bridgehead atoms. The summed E-state index contributed by atoms with van der Waals surface area (Å²) in [5, 5.41) is 9.79. The van der Waals surface area contributed by atoms with Gasteiger partial charge >= 0.3 is 5.97 Å². The van der Waals surface area contributed by atoms with Crippen LogP contribution in [0.3, 0.4) is 0 Å². The van der Waals surface area contributed by atoms with Crippen LogP contribution in [0, 0.1) is 0 Å². The molecule has 0 unspecified atom stereocenters. The summed E-state index contributed by atoms with van der Waals surface area (Å²) in [5.41, 5.74) is -0.410. The van der Waals surface area contributed by atoms with Crippen LogP contribution < -0.4 is 5.56 Å². The summed E-state index contributed by atoms with van der Waals surface area (Å²) in [4.78, 5) is 28.4. The Balaban J connectivity index is 2.41. The molecule has 102 valence electrons. The van der Waals surface area contributed by atoms with E-state index in [9.17, 15) is 14.7 Å². The number of ether oxygens (including phenoxy) is 1. The Morgan fingerprint density at radius 1 is 1.45 bits per heavy atom. The Kier molecular flexibility index (Phi) is 2.90. The van der Waals surface area contributed by atoms with Gasteiger partial charge in [0.05, 0.1) is 16.8 Å². The minimum absolute atomic E-state index is 0.116. The number of hydrogen-bond acceptors (Lipinski definition) is 6. The van der Waals surface area contributed by atoms with Crippen molar-refractivity contribution in [1.29, 1.82) is 0 Å². The molecule has 0 saturated heterocycles. The van der Waals surface area contributed by atoms with Crippen molar-refractivity contribution in [3.63, 3.8) is 0 Å². The van der Waals surface area contributed by atoms with Crippen LogP contribution in [-0.4, -0.2) is 27.1 Å². The number of rotatable bonds is 2. The molecule has 0 atom stereocenters. The second-order valence-electron chi connectivity index (χ2n) is 4.02. The highest BCUT2D eigenvalue weighted by atomic mass is 32.1. The maximum Gasteiger partial charge on any atom is 0.349 e. The van der Waals surface area contributed by atoms with Gasteiger partial charge in [-0.25, -0.2) is 9.20 Å². The molecule has 3 aromatic rings. The van der Waals surface area contributed by atoms with Gasteiger partial charge < -0.3 is 9.84 Å². The van der Waals surface area contributed by atoms with Gasteiger partial charge in [-0.15, -0.1) is 0 Å². The molecule has 1 aromatic carbocycles. The number of carbonyl (C=O) groups excluding carboxylic acids is 1. The van der Waals surface area contributed by atoms with E-state index in [1.165, 1.54) is 15.7 Å². The molecule has 0 aliphatic rings. The average Bonchev–Trinajstić information content (AvgIpc) is 2.76. The molecule has 2 aromatic heterocycles. The van der Waals surface area contributed by atoms with Gasteiger partial charge in [-0.05, 0) is 19.1 Å². The van der Waals surface area contributed by atoms with Crippen LogP contribution in [0.2, 0.25) is 0 Å². The van der Waals surface area contributed by atoms with Crippen LogP contribution in [0.25, 0.3) is 15.2 Å². The van der Waals surface area contributed by atoms with Crippen molar-refractivity contribution in [2.24, 2.45) is 0 Å². The number of esters is 1. The van der Waals surface area contributed by atoms with Crippen LogP contribution in [0.1, 0.15) is 17.3 Å². The molecule has 0 aliphatic carbocycles. The number of aromatic hydroxyl groups is 1. The molecule has 0 fully saturated rings. The molecule has 0 saturated carbocycles. The van der Waals surface area contributed by atoms with Crippen molar-refractivity contribution in [2.45, 2.75) is 6.92 Å². The van der Waals surface area contributed by atoms with E-state index >= 15 is 0 Å². The van der Waals surface area contributed by atoms with Gasteiger partial charge in [0.25, 0.3) is 5.56 Å². The summed E-state index contributed by atoms with van der Waals surface area (Å²) in [5.74, 6) is -1.47. The molecule has 7 heteroatoms. The van der Waals surface area contributed by atoms with Crippen molar-refractivity contribution in [2.75, 3.05) is 6.61 Å². The molecule has 0 radical (unpaired) electrons. The molecule has 0 amide bonds. The van der Waals surface area contributed by atoms with E-state index in [4.69, 9.17) is 4.74 Å². The summed E-state index contributed by atoms with van der Waals surface area (Å²) in [6.45, 7) is 1.74. The van der Waals surface area contributed by atoms with E-state index in [1.807, 2.05) is 12.1 Å². The lowest BCUT2D eigenvalue weighted by atomic mass is 10.3. The van der Waals surface area contributed by atoms with E-state index in [1.54, 1.807) is 19.1 Å². The molecule has 2 heterocycles. The molecule has 1 N–H and O–H groups in total. The van der Waals surface area contributed by atoms with Gasteiger partial charge in [0, 0.05) is 0 Å². The van der Waals surface area contributed by atoms with E-state index in [0.29, 0.717) is 10.5 Å². The Labute approximate surface area is 116 Å². The second-order valence-corrected chi connectivity index (χ2v) is 5.03. The highest BCUT2D eigenvalue weighted by molar-refractivity contribution is 7.23. The lowest BCUT2D eigenvalue weighted by Gasteiger charge is -2.03. The predicted molar refractivity (Wildman–Crippen MR) is 74.5 cm³/mol. The Morgan fingerprint density at radius 3 is 2.95 bits per heavy atom. The largest absolute Gasteiger partial charge is 0.492 e. The lowest BCUT2D eigenvalue weighted by Crippen LogP contribution is -2.23. The fourth-order valence-electron chi connectivity index (χ4n) is 1.98. The highest BCUT2D eigenvalue weighted by Crippen LogP contribution is 2.25. The summed E-state index contributed by atoms with van der Waals surface area (Å²) >= 11 is 1.26. The lowest BCUT2D eigenvalue weighted by molar-refractivity contribution is 0.0520. The summed E-state index contributed by atoms with van der Waals surface area (Å²) in [6, 6.07) is 7.23. The third kappa shape index (κ3) is 1.75. The predicted octanol–water partition coefficient (Wildman–Crippen LogP) is 1.79. The first-order valence-corrected chi connectivity index (χ1v) is 6.75. The number of aromatic nitrogens is 2. The van der Waals surface area contributed by atoms with E-state index in [-0.39, 0.29) is 6.61 Å². The van der Waals surface area contributed by atoms with Gasteiger partial charge in [-0.1, -0.05) is 23.5 Å². The first-order valence-electron chi connectivity index (χ1n) is 5.94. The fourth-order valence-corrected chi connectivity index (χ4v) is 2.99. The molecule has 0 spiro atoms. The molecule has 3 rings (SSSR count). The van der Waals surface area contributed by atoms with Crippen molar-refractivity contribution in [3.05, 3.63) is 40.2 Å². The maximum atomic E-state index is 12.4. The smallest absolute Gasteiger partial charge is 0.349 e. The monoisotopic (exact) mass is 290 g/mol. The zero-order valence-electron chi connectivity index (χ0n) is 10.5. The molecular formula is C13H10N2O4S. The van der Waals surface area contributed by atoms with Crippen molar-refractivity contribution in [1.82, 2.24) is 9.38 Å². The molecule has 0 aliphatic heterocycles. The number of fused-ring (bicyclic) bond motifs is 3. The summed E-state index contributed by atoms with van der Waals surface area (Å²) in [6.07, 6.45) is 0. The SMILES string of the molecule is CCOC(=O)c1c(O)nc2sc3ccccc3n2c1=O. The van der Waals surface area contributed by atoms with Gasteiger partial charge in [-0.2, -0.15) is 4.98 Å². The fraction of sp³-hybridized carbons (Fsp3) is 0.154. The Bertz CT molecular complexity index is 881. The van der Waals surface area contributed by atoms with E-state index in [2.05, 4.69) is 4.98 Å². The number of nitrogens with zero attached hydrogens (tertiary/aromatic N) is 2. The quantitative estimate of drug-likeness (QED) is 0.728. The van der Waals surface area contributed by atoms with Gasteiger partial charge in [0.2, 0.25) is 10.8 Å². The van der Waals surface area contributed by atoms with Crippen LogP contribution in [0.4, 0.5) is 0 Å². The standard InChI is InChI=1S/C13H10N2O4S/c1-2-19-12(18)9-10(16)14-13-15(11(9)17)7-5-3-4-6-8(7)20-13/h3-6,16H,2H2,1H3. The van der Waals surface area contributed by atoms with Crippen LogP contribution in [0.15, 0.2) is 29.1 Å². The topological polar surface area (TPSA) is 80.9 Å². The van der Waals surface area contributed by atoms with Crippen LogP contribution >= 0.6 is 11.3 Å². The van der Waals surface area contributed by atoms with Crippen LogP contribution in [0.5, 0.6) is 5.88 Å². The first-order chi connectivity index (χ1) is 9.63. The minimum atomic E-state index is -0.868. The number of thiazole rings is 1.